The molecule has 1 aliphatic carbocycles. The van der Waals surface area contributed by atoms with Gasteiger partial charge in [0.1, 0.15) is 6.04 Å². The summed E-state index contributed by atoms with van der Waals surface area (Å²) < 4.78 is 4.69. The highest BCUT2D eigenvalue weighted by atomic mass is 32.2. The zero-order valence-corrected chi connectivity index (χ0v) is 18.1. The van der Waals surface area contributed by atoms with Crippen LogP contribution < -0.4 is 5.32 Å². The first kappa shape index (κ1) is 21.0. The maximum absolute atomic E-state index is 13.5. The van der Waals surface area contributed by atoms with Crippen LogP contribution in [-0.2, 0) is 19.1 Å². The van der Waals surface area contributed by atoms with Crippen molar-refractivity contribution in [2.45, 2.75) is 74.5 Å². The normalized spacial score (nSPS) is 38.9. The van der Waals surface area contributed by atoms with E-state index in [2.05, 4.69) is 12.2 Å². The largest absolute Gasteiger partial charge is 0.466 e. The van der Waals surface area contributed by atoms with Crippen molar-refractivity contribution in [1.82, 2.24) is 10.2 Å². The van der Waals surface area contributed by atoms with Crippen LogP contribution in [0.3, 0.4) is 0 Å². The molecule has 3 aliphatic heterocycles. The minimum Gasteiger partial charge on any atom is -0.466 e. The van der Waals surface area contributed by atoms with Crippen LogP contribution in [0.2, 0.25) is 0 Å². The zero-order chi connectivity index (χ0) is 20.8. The molecule has 2 N–H and O–H groups in total. The Morgan fingerprint density at radius 3 is 2.69 bits per heavy atom. The molecule has 7 nitrogen and oxygen atoms in total. The monoisotopic (exact) mass is 424 g/mol. The Morgan fingerprint density at radius 2 is 2.03 bits per heavy atom. The van der Waals surface area contributed by atoms with E-state index in [9.17, 15) is 19.5 Å². The third-order valence-corrected chi connectivity index (χ3v) is 9.42. The van der Waals surface area contributed by atoms with Crippen LogP contribution >= 0.6 is 11.8 Å². The van der Waals surface area contributed by atoms with E-state index in [-0.39, 0.29) is 54.8 Å². The van der Waals surface area contributed by atoms with Gasteiger partial charge >= 0.3 is 5.97 Å². The molecule has 6 atom stereocenters. The fourth-order valence-electron chi connectivity index (χ4n) is 6.20. The van der Waals surface area contributed by atoms with E-state index < -0.39 is 22.6 Å². The summed E-state index contributed by atoms with van der Waals surface area (Å²) in [4.78, 5) is 41.2. The number of fused-ring (bicyclic) bond motifs is 1. The first-order valence-corrected chi connectivity index (χ1v) is 11.9. The number of nitrogens with zero attached hydrogens (tertiary/aromatic N) is 1. The number of carbonyl (C=O) groups excluding carboxylic acids is 3. The lowest BCUT2D eigenvalue weighted by Crippen LogP contribution is -2.58. The fourth-order valence-corrected chi connectivity index (χ4v) is 8.61. The van der Waals surface area contributed by atoms with E-state index in [4.69, 9.17) is 4.74 Å². The number of hydrogen-bond donors (Lipinski definition) is 2. The van der Waals surface area contributed by atoms with Gasteiger partial charge in [-0.2, -0.15) is 0 Å². The predicted molar refractivity (Wildman–Crippen MR) is 109 cm³/mol. The number of likely N-dealkylation sites (tertiary alicyclic amines) is 1. The number of esters is 1. The van der Waals surface area contributed by atoms with E-state index in [0.29, 0.717) is 0 Å². The average Bonchev–Trinajstić information content (AvgIpc) is 3.27. The van der Waals surface area contributed by atoms with Gasteiger partial charge in [0.15, 0.2) is 0 Å². The molecule has 3 unspecified atom stereocenters. The summed E-state index contributed by atoms with van der Waals surface area (Å²) in [7, 11) is 0. The number of carbonyl (C=O) groups is 3. The summed E-state index contributed by atoms with van der Waals surface area (Å²) in [6.45, 7) is 4.06. The van der Waals surface area contributed by atoms with Crippen LogP contribution in [0.15, 0.2) is 0 Å². The SMILES string of the molecule is CCOC(=O)[C@@H]1[C@@H]2CC(C)C3(S2)C(C(=O)NC2CCCCC2)N(CCO)C(=O)[C@H]13. The molecule has 4 aliphatic rings. The van der Waals surface area contributed by atoms with Crippen LogP contribution in [0.25, 0.3) is 0 Å². The van der Waals surface area contributed by atoms with Crippen LogP contribution in [0, 0.1) is 17.8 Å². The Morgan fingerprint density at radius 1 is 1.31 bits per heavy atom. The van der Waals surface area contributed by atoms with Crippen molar-refractivity contribution in [3.05, 3.63) is 0 Å². The van der Waals surface area contributed by atoms with E-state index in [1.807, 2.05) is 0 Å². The summed E-state index contributed by atoms with van der Waals surface area (Å²) in [6.07, 6.45) is 6.17. The molecule has 0 aromatic heterocycles. The lowest BCUT2D eigenvalue weighted by Gasteiger charge is -2.39. The molecule has 3 saturated heterocycles. The number of aliphatic hydroxyl groups excluding tert-OH is 1. The van der Waals surface area contributed by atoms with Gasteiger partial charge in [0.2, 0.25) is 11.8 Å². The predicted octanol–water partition coefficient (Wildman–Crippen LogP) is 1.33. The van der Waals surface area contributed by atoms with Crippen LogP contribution in [0.1, 0.15) is 52.4 Å². The lowest BCUT2D eigenvalue weighted by atomic mass is 9.66. The standard InChI is InChI=1S/C21H32N2O5S/c1-3-28-20(27)15-14-11-12(2)21(29-14)16(15)19(26)23(9-10-24)17(21)18(25)22-13-7-5-4-6-8-13/h12-17,24H,3-11H2,1-2H3,(H,22,25)/t12?,14-,15+,16-,17?,21?/m0/s1. The second-order valence-corrected chi connectivity index (χ2v) is 10.5. The summed E-state index contributed by atoms with van der Waals surface area (Å²) in [5.41, 5.74) is 0. The van der Waals surface area contributed by atoms with Crippen molar-refractivity contribution in [2.24, 2.45) is 17.8 Å². The summed E-state index contributed by atoms with van der Waals surface area (Å²) >= 11 is 1.65. The lowest BCUT2D eigenvalue weighted by molar-refractivity contribution is -0.154. The zero-order valence-electron chi connectivity index (χ0n) is 17.3. The fraction of sp³-hybridized carbons (Fsp3) is 0.857. The Hall–Kier alpha value is -1.28. The summed E-state index contributed by atoms with van der Waals surface area (Å²) in [6, 6.07) is -0.490. The molecule has 162 valence electrons. The molecule has 8 heteroatoms. The van der Waals surface area contributed by atoms with Crippen molar-refractivity contribution in [2.75, 3.05) is 19.8 Å². The van der Waals surface area contributed by atoms with Crippen LogP contribution in [0.5, 0.6) is 0 Å². The number of hydrogen-bond acceptors (Lipinski definition) is 6. The van der Waals surface area contributed by atoms with E-state index in [1.54, 1.807) is 23.6 Å². The van der Waals surface area contributed by atoms with Gasteiger partial charge in [-0.05, 0) is 32.1 Å². The second-order valence-electron chi connectivity index (χ2n) is 8.90. The van der Waals surface area contributed by atoms with Crippen molar-refractivity contribution >= 4 is 29.5 Å². The molecule has 29 heavy (non-hydrogen) atoms. The Kier molecular flexibility index (Phi) is 5.86. The quantitative estimate of drug-likeness (QED) is 0.625. The van der Waals surface area contributed by atoms with Crippen molar-refractivity contribution < 1.29 is 24.2 Å². The maximum Gasteiger partial charge on any atom is 0.310 e. The Balaban J connectivity index is 1.67. The molecular weight excluding hydrogens is 392 g/mol. The topological polar surface area (TPSA) is 95.9 Å². The second kappa shape index (κ2) is 8.10. The molecule has 4 rings (SSSR count). The van der Waals surface area contributed by atoms with Gasteiger partial charge in [0, 0.05) is 17.8 Å². The summed E-state index contributed by atoms with van der Waals surface area (Å²) in [5.74, 6) is -1.53. The van der Waals surface area contributed by atoms with Gasteiger partial charge in [-0.15, -0.1) is 11.8 Å². The Bertz CT molecular complexity index is 682. The highest BCUT2D eigenvalue weighted by Gasteiger charge is 2.76. The molecule has 0 aromatic carbocycles. The highest BCUT2D eigenvalue weighted by Crippen LogP contribution is 2.68. The third kappa shape index (κ3) is 3.17. The maximum atomic E-state index is 13.5. The first-order chi connectivity index (χ1) is 14.0. The average molecular weight is 425 g/mol. The van der Waals surface area contributed by atoms with Gasteiger partial charge < -0.3 is 20.1 Å². The van der Waals surface area contributed by atoms with Gasteiger partial charge in [0.25, 0.3) is 0 Å². The summed E-state index contributed by atoms with van der Waals surface area (Å²) in [5, 5.41) is 12.8. The number of amides is 2. The van der Waals surface area contributed by atoms with Crippen molar-refractivity contribution in [3.8, 4) is 0 Å². The van der Waals surface area contributed by atoms with Gasteiger partial charge in [0.05, 0.1) is 29.8 Å². The molecule has 1 saturated carbocycles. The third-order valence-electron chi connectivity index (χ3n) is 7.35. The van der Waals surface area contributed by atoms with Gasteiger partial charge in [-0.1, -0.05) is 26.2 Å². The van der Waals surface area contributed by atoms with Gasteiger partial charge in [-0.3, -0.25) is 14.4 Å². The molecule has 1 spiro atoms. The Labute approximate surface area is 176 Å². The minimum atomic E-state index is -0.640. The molecule has 2 amide bonds. The number of β-amino-alcohol motifs (C(OH)–C–C–N with tert-alkyl or cyclic N) is 1. The number of ether oxygens (including phenoxy) is 1. The van der Waals surface area contributed by atoms with Crippen LogP contribution in [0.4, 0.5) is 0 Å². The molecule has 2 bridgehead atoms. The van der Waals surface area contributed by atoms with E-state index in [1.165, 1.54) is 6.42 Å². The molecule has 4 fully saturated rings. The highest BCUT2D eigenvalue weighted by molar-refractivity contribution is 8.02. The van der Waals surface area contributed by atoms with E-state index in [0.717, 1.165) is 32.1 Å². The molecule has 0 aromatic rings. The number of rotatable bonds is 6. The number of aliphatic hydroxyl groups is 1. The van der Waals surface area contributed by atoms with Crippen molar-refractivity contribution in [3.63, 3.8) is 0 Å². The molecular formula is C21H32N2O5S. The number of thioether (sulfide) groups is 1. The van der Waals surface area contributed by atoms with Gasteiger partial charge in [-0.25, -0.2) is 0 Å². The molecule has 0 radical (unpaired) electrons. The first-order valence-electron chi connectivity index (χ1n) is 11.0. The minimum absolute atomic E-state index is 0.0132. The van der Waals surface area contributed by atoms with Crippen LogP contribution in [-0.4, -0.2) is 69.6 Å². The van der Waals surface area contributed by atoms with Crippen molar-refractivity contribution in [1.29, 1.82) is 0 Å². The van der Waals surface area contributed by atoms with E-state index >= 15 is 0 Å². The number of nitrogens with one attached hydrogen (secondary N) is 1. The smallest absolute Gasteiger partial charge is 0.310 e. The molecule has 3 heterocycles.